The fourth-order valence-corrected chi connectivity index (χ4v) is 2.34. The molecule has 1 aliphatic rings. The molecule has 0 radical (unpaired) electrons. The molecule has 2 heteroatoms. The molecule has 0 spiro atoms. The molecule has 0 saturated carbocycles. The van der Waals surface area contributed by atoms with Crippen LogP contribution in [-0.4, -0.2) is 23.5 Å². The molecule has 2 nitrogen and oxygen atoms in total. The fourth-order valence-electron chi connectivity index (χ4n) is 2.34. The molecule has 1 saturated heterocycles. The average molecular weight is 194 g/mol. The van der Waals surface area contributed by atoms with Gasteiger partial charge in [0.15, 0.2) is 0 Å². The third kappa shape index (κ3) is 2.72. The number of rotatable bonds is 3. The Morgan fingerprint density at radius 3 is 2.21 bits per heavy atom. The summed E-state index contributed by atoms with van der Waals surface area (Å²) in [5.41, 5.74) is -0.209. The molecule has 1 atom stereocenters. The summed E-state index contributed by atoms with van der Waals surface area (Å²) < 4.78 is 0. The summed E-state index contributed by atoms with van der Waals surface area (Å²) in [4.78, 5) is 2.39. The quantitative estimate of drug-likeness (QED) is 0.690. The highest BCUT2D eigenvalue weighted by molar-refractivity contribution is 5.05. The summed E-state index contributed by atoms with van der Waals surface area (Å²) in [6, 6.07) is 2.50. The molecule has 1 unspecified atom stereocenters. The number of hydrogen-bond donors (Lipinski definition) is 0. The molecule has 0 bridgehead atoms. The minimum atomic E-state index is -0.209. The Labute approximate surface area is 87.9 Å². The maximum atomic E-state index is 9.27. The predicted octanol–water partition coefficient (Wildman–Crippen LogP) is 2.94. The molecule has 0 N–H and O–H groups in total. The van der Waals surface area contributed by atoms with E-state index in [1.807, 2.05) is 0 Å². The van der Waals surface area contributed by atoms with Crippen LogP contribution in [0.25, 0.3) is 0 Å². The molecule has 0 aromatic rings. The van der Waals surface area contributed by atoms with Crippen molar-refractivity contribution in [3.05, 3.63) is 0 Å². The van der Waals surface area contributed by atoms with Crippen LogP contribution < -0.4 is 0 Å². The Morgan fingerprint density at radius 1 is 1.21 bits per heavy atom. The van der Waals surface area contributed by atoms with Crippen LogP contribution in [0, 0.1) is 11.3 Å². The SMILES string of the molecule is CCCC(C)(C#N)N1CCCCCC1. The Balaban J connectivity index is 2.62. The lowest BCUT2D eigenvalue weighted by molar-refractivity contribution is 0.147. The molecule has 14 heavy (non-hydrogen) atoms. The van der Waals surface area contributed by atoms with Crippen LogP contribution in [0.2, 0.25) is 0 Å². The number of hydrogen-bond acceptors (Lipinski definition) is 2. The van der Waals surface area contributed by atoms with Crippen molar-refractivity contribution >= 4 is 0 Å². The number of likely N-dealkylation sites (tertiary alicyclic amines) is 1. The summed E-state index contributed by atoms with van der Waals surface area (Å²) in [5, 5.41) is 9.27. The van der Waals surface area contributed by atoms with Gasteiger partial charge in [-0.2, -0.15) is 5.26 Å². The van der Waals surface area contributed by atoms with Gasteiger partial charge in [-0.05, 0) is 39.3 Å². The van der Waals surface area contributed by atoms with E-state index in [-0.39, 0.29) is 5.54 Å². The van der Waals surface area contributed by atoms with Crippen LogP contribution in [0.15, 0.2) is 0 Å². The topological polar surface area (TPSA) is 27.0 Å². The minimum absolute atomic E-state index is 0.209. The van der Waals surface area contributed by atoms with Crippen molar-refractivity contribution < 1.29 is 0 Å². The molecule has 1 heterocycles. The molecular weight excluding hydrogens is 172 g/mol. The molecule has 1 rings (SSSR count). The lowest BCUT2D eigenvalue weighted by Gasteiger charge is -2.35. The van der Waals surface area contributed by atoms with Gasteiger partial charge in [-0.25, -0.2) is 0 Å². The smallest absolute Gasteiger partial charge is 0.106 e. The lowest BCUT2D eigenvalue weighted by atomic mass is 9.95. The first-order valence-corrected chi connectivity index (χ1v) is 5.89. The van der Waals surface area contributed by atoms with Gasteiger partial charge in [0.2, 0.25) is 0 Å². The third-order valence-electron chi connectivity index (χ3n) is 3.28. The van der Waals surface area contributed by atoms with Crippen molar-refractivity contribution in [3.63, 3.8) is 0 Å². The van der Waals surface area contributed by atoms with E-state index in [2.05, 4.69) is 24.8 Å². The van der Waals surface area contributed by atoms with Gasteiger partial charge in [0, 0.05) is 0 Å². The van der Waals surface area contributed by atoms with E-state index in [9.17, 15) is 5.26 Å². The Kier molecular flexibility index (Phi) is 4.41. The Bertz CT molecular complexity index is 199. The van der Waals surface area contributed by atoms with E-state index in [0.717, 1.165) is 25.9 Å². The first kappa shape index (κ1) is 11.5. The molecular formula is C12H22N2. The molecule has 0 aromatic carbocycles. The zero-order chi connectivity index (χ0) is 10.4. The van der Waals surface area contributed by atoms with E-state index < -0.39 is 0 Å². The van der Waals surface area contributed by atoms with Gasteiger partial charge in [0.1, 0.15) is 5.54 Å². The highest BCUT2D eigenvalue weighted by atomic mass is 15.2. The van der Waals surface area contributed by atoms with Crippen LogP contribution >= 0.6 is 0 Å². The molecule has 1 aliphatic heterocycles. The van der Waals surface area contributed by atoms with Crippen molar-refractivity contribution in [2.75, 3.05) is 13.1 Å². The van der Waals surface area contributed by atoms with Crippen molar-refractivity contribution in [1.29, 1.82) is 5.26 Å². The molecule has 80 valence electrons. The van der Waals surface area contributed by atoms with Crippen LogP contribution in [0.3, 0.4) is 0 Å². The summed E-state index contributed by atoms with van der Waals surface area (Å²) in [7, 11) is 0. The normalized spacial score (nSPS) is 23.5. The summed E-state index contributed by atoms with van der Waals surface area (Å²) in [6.45, 7) is 6.49. The van der Waals surface area contributed by atoms with E-state index in [1.54, 1.807) is 0 Å². The van der Waals surface area contributed by atoms with Crippen molar-refractivity contribution in [1.82, 2.24) is 4.90 Å². The zero-order valence-electron chi connectivity index (χ0n) is 9.55. The number of nitriles is 1. The molecule has 0 aromatic heterocycles. The van der Waals surface area contributed by atoms with Gasteiger partial charge >= 0.3 is 0 Å². The highest BCUT2D eigenvalue weighted by Crippen LogP contribution is 2.24. The van der Waals surface area contributed by atoms with Gasteiger partial charge < -0.3 is 0 Å². The largest absolute Gasteiger partial charge is 0.286 e. The van der Waals surface area contributed by atoms with Crippen LogP contribution in [-0.2, 0) is 0 Å². The number of nitrogens with zero attached hydrogens (tertiary/aromatic N) is 2. The highest BCUT2D eigenvalue weighted by Gasteiger charge is 2.30. The molecule has 1 fully saturated rings. The lowest BCUT2D eigenvalue weighted by Crippen LogP contribution is -2.45. The summed E-state index contributed by atoms with van der Waals surface area (Å²) in [5.74, 6) is 0. The van der Waals surface area contributed by atoms with Gasteiger partial charge in [-0.3, -0.25) is 4.90 Å². The molecule has 0 amide bonds. The van der Waals surface area contributed by atoms with E-state index in [1.165, 1.54) is 25.7 Å². The standard InChI is InChI=1S/C12H22N2/c1-3-8-12(2,11-13)14-9-6-4-5-7-10-14/h3-10H2,1-2H3. The van der Waals surface area contributed by atoms with Crippen LogP contribution in [0.4, 0.5) is 0 Å². The monoisotopic (exact) mass is 194 g/mol. The minimum Gasteiger partial charge on any atom is -0.286 e. The summed E-state index contributed by atoms with van der Waals surface area (Å²) in [6.07, 6.45) is 7.31. The third-order valence-corrected chi connectivity index (χ3v) is 3.28. The second-order valence-electron chi connectivity index (χ2n) is 4.54. The van der Waals surface area contributed by atoms with Gasteiger partial charge in [0.05, 0.1) is 6.07 Å². The van der Waals surface area contributed by atoms with Crippen LogP contribution in [0.1, 0.15) is 52.4 Å². The van der Waals surface area contributed by atoms with Crippen molar-refractivity contribution in [2.45, 2.75) is 57.9 Å². The average Bonchev–Trinajstić information content (AvgIpc) is 2.46. The van der Waals surface area contributed by atoms with E-state index in [4.69, 9.17) is 0 Å². The van der Waals surface area contributed by atoms with Crippen LogP contribution in [0.5, 0.6) is 0 Å². The Hall–Kier alpha value is -0.550. The Morgan fingerprint density at radius 2 is 1.79 bits per heavy atom. The van der Waals surface area contributed by atoms with Crippen molar-refractivity contribution in [3.8, 4) is 6.07 Å². The zero-order valence-corrected chi connectivity index (χ0v) is 9.55. The van der Waals surface area contributed by atoms with E-state index in [0.29, 0.717) is 0 Å². The van der Waals surface area contributed by atoms with Gasteiger partial charge in [-0.1, -0.05) is 26.2 Å². The predicted molar refractivity (Wildman–Crippen MR) is 59.0 cm³/mol. The second kappa shape index (κ2) is 5.36. The maximum absolute atomic E-state index is 9.27. The molecule has 0 aliphatic carbocycles. The van der Waals surface area contributed by atoms with Gasteiger partial charge in [-0.15, -0.1) is 0 Å². The maximum Gasteiger partial charge on any atom is 0.106 e. The first-order valence-electron chi connectivity index (χ1n) is 5.89. The van der Waals surface area contributed by atoms with Crippen molar-refractivity contribution in [2.24, 2.45) is 0 Å². The second-order valence-corrected chi connectivity index (χ2v) is 4.54. The first-order chi connectivity index (χ1) is 6.73. The van der Waals surface area contributed by atoms with Gasteiger partial charge in [0.25, 0.3) is 0 Å². The van der Waals surface area contributed by atoms with E-state index >= 15 is 0 Å². The fraction of sp³-hybridized carbons (Fsp3) is 0.917. The summed E-state index contributed by atoms with van der Waals surface area (Å²) >= 11 is 0.